The molecule has 3 rings (SSSR count). The lowest BCUT2D eigenvalue weighted by molar-refractivity contribution is -0.671. The summed E-state index contributed by atoms with van der Waals surface area (Å²) < 4.78 is 5.99. The highest BCUT2D eigenvalue weighted by atomic mass is 16.5. The van der Waals surface area contributed by atoms with Crippen molar-refractivity contribution in [3.05, 3.63) is 65.7 Å². The Balaban J connectivity index is 1.55. The van der Waals surface area contributed by atoms with Gasteiger partial charge in [0, 0.05) is 32.0 Å². The number of nitrogens with two attached hydrogens (primary N) is 1. The van der Waals surface area contributed by atoms with Crippen LogP contribution in [0.5, 0.6) is 0 Å². The molecule has 3 heteroatoms. The van der Waals surface area contributed by atoms with E-state index in [9.17, 15) is 0 Å². The van der Waals surface area contributed by atoms with Gasteiger partial charge in [-0.2, -0.15) is 0 Å². The van der Waals surface area contributed by atoms with Crippen LogP contribution in [-0.2, 0) is 17.7 Å². The van der Waals surface area contributed by atoms with E-state index in [2.05, 4.69) is 92.8 Å². The predicted molar refractivity (Wildman–Crippen MR) is 122 cm³/mol. The summed E-state index contributed by atoms with van der Waals surface area (Å²) in [5.74, 6) is 1.49. The molecule has 158 valence electrons. The van der Waals surface area contributed by atoms with E-state index < -0.39 is 0 Å². The zero-order valence-corrected chi connectivity index (χ0v) is 18.7. The molecule has 1 aliphatic rings. The molecule has 0 unspecified atom stereocenters. The molecule has 0 spiro atoms. The summed E-state index contributed by atoms with van der Waals surface area (Å²) in [4.78, 5) is 2.15. The maximum atomic E-state index is 5.99. The predicted octanol–water partition coefficient (Wildman–Crippen LogP) is 4.27. The van der Waals surface area contributed by atoms with E-state index >= 15 is 0 Å². The Morgan fingerprint density at radius 2 is 1.76 bits per heavy atom. The molecular weight excluding hydrogens is 356 g/mol. The van der Waals surface area contributed by atoms with E-state index in [0.717, 1.165) is 25.0 Å². The third kappa shape index (κ3) is 6.87. The van der Waals surface area contributed by atoms with Gasteiger partial charge in [-0.1, -0.05) is 42.5 Å². The Kier molecular flexibility index (Phi) is 7.74. The van der Waals surface area contributed by atoms with E-state index in [1.807, 2.05) is 0 Å². The van der Waals surface area contributed by atoms with Gasteiger partial charge in [0.25, 0.3) is 0 Å². The van der Waals surface area contributed by atoms with Gasteiger partial charge in [-0.05, 0) is 69.1 Å². The summed E-state index contributed by atoms with van der Waals surface area (Å²) in [6.07, 6.45) is 4.84. The third-order valence-corrected chi connectivity index (χ3v) is 6.32. The normalized spacial score (nSPS) is 19.7. The lowest BCUT2D eigenvalue weighted by atomic mass is 9.75. The second-order valence-corrected chi connectivity index (χ2v) is 9.44. The molecule has 1 saturated heterocycles. The number of hydrogen-bond donors (Lipinski definition) is 1. The van der Waals surface area contributed by atoms with Crippen LogP contribution in [0.4, 0.5) is 5.69 Å². The molecule has 2 aromatic rings. The maximum Gasteiger partial charge on any atom is 0.101 e. The first kappa shape index (κ1) is 21.9. The lowest BCUT2D eigenvalue weighted by Gasteiger charge is -2.39. The van der Waals surface area contributed by atoms with E-state index in [-0.39, 0.29) is 5.60 Å². The van der Waals surface area contributed by atoms with Crippen LogP contribution in [0.2, 0.25) is 0 Å². The molecule has 0 aliphatic carbocycles. The quantitative estimate of drug-likeness (QED) is 0.643. The van der Waals surface area contributed by atoms with Gasteiger partial charge in [-0.25, -0.2) is 0 Å². The Bertz CT molecular complexity index is 724. The van der Waals surface area contributed by atoms with E-state index in [4.69, 9.17) is 4.74 Å². The first-order chi connectivity index (χ1) is 13.9. The zero-order chi connectivity index (χ0) is 20.7. The fraction of sp³-hybridized carbons (Fsp3) is 0.538. The summed E-state index contributed by atoms with van der Waals surface area (Å²) in [6.45, 7) is 7.66. The van der Waals surface area contributed by atoms with Gasteiger partial charge >= 0.3 is 0 Å². The van der Waals surface area contributed by atoms with Crippen molar-refractivity contribution in [1.29, 1.82) is 0 Å². The van der Waals surface area contributed by atoms with Crippen LogP contribution in [0.3, 0.4) is 0 Å². The molecular formula is C26H39N2O+. The van der Waals surface area contributed by atoms with E-state index in [1.54, 1.807) is 0 Å². The van der Waals surface area contributed by atoms with Crippen LogP contribution < -0.4 is 10.2 Å². The van der Waals surface area contributed by atoms with Crippen molar-refractivity contribution in [1.82, 2.24) is 0 Å². The SMILES string of the molecule is CN(C)c1ccc(C[NH2+]CC[C@@H](Cc2ccccc2)[C@H]2CCOC(C)(C)C2)cc1. The first-order valence-electron chi connectivity index (χ1n) is 11.2. The summed E-state index contributed by atoms with van der Waals surface area (Å²) in [5.41, 5.74) is 4.16. The number of nitrogens with zero attached hydrogens (tertiary/aromatic N) is 1. The van der Waals surface area contributed by atoms with Gasteiger partial charge < -0.3 is 15.0 Å². The summed E-state index contributed by atoms with van der Waals surface area (Å²) in [5, 5.41) is 2.48. The standard InChI is InChI=1S/C26H38N2O/c1-26(2)19-24(15-17-29-26)23(18-21-8-6-5-7-9-21)14-16-27-20-22-10-12-25(13-11-22)28(3)4/h5-13,23-24,27H,14-20H2,1-4H3/p+1/t23-,24-/m0/s1. The van der Waals surface area contributed by atoms with Crippen molar-refractivity contribution in [3.8, 4) is 0 Å². The van der Waals surface area contributed by atoms with Crippen molar-refractivity contribution in [2.75, 3.05) is 32.1 Å². The number of benzene rings is 2. The maximum absolute atomic E-state index is 5.99. The molecule has 2 N–H and O–H groups in total. The van der Waals surface area contributed by atoms with Gasteiger partial charge in [0.15, 0.2) is 0 Å². The summed E-state index contributed by atoms with van der Waals surface area (Å²) in [7, 11) is 4.18. The molecule has 3 nitrogen and oxygen atoms in total. The molecule has 0 amide bonds. The minimum atomic E-state index is 0.0236. The van der Waals surface area contributed by atoms with Crippen molar-refractivity contribution < 1.29 is 10.1 Å². The van der Waals surface area contributed by atoms with Crippen molar-refractivity contribution in [3.63, 3.8) is 0 Å². The van der Waals surface area contributed by atoms with E-state index in [1.165, 1.54) is 49.0 Å². The van der Waals surface area contributed by atoms with Crippen LogP contribution in [-0.4, -0.2) is 32.8 Å². The number of rotatable bonds is 9. The van der Waals surface area contributed by atoms with Gasteiger partial charge in [-0.15, -0.1) is 0 Å². The minimum Gasteiger partial charge on any atom is -0.378 e. The Morgan fingerprint density at radius 3 is 2.41 bits per heavy atom. The molecule has 0 radical (unpaired) electrons. The number of quaternary nitrogens is 1. The number of anilines is 1. The van der Waals surface area contributed by atoms with Gasteiger partial charge in [-0.3, -0.25) is 0 Å². The topological polar surface area (TPSA) is 29.1 Å². The second kappa shape index (κ2) is 10.3. The van der Waals surface area contributed by atoms with Gasteiger partial charge in [0.05, 0.1) is 12.1 Å². The number of hydrogen-bond acceptors (Lipinski definition) is 2. The molecule has 2 aromatic carbocycles. The average molecular weight is 396 g/mol. The smallest absolute Gasteiger partial charge is 0.101 e. The van der Waals surface area contributed by atoms with Crippen LogP contribution in [0.15, 0.2) is 54.6 Å². The van der Waals surface area contributed by atoms with Crippen molar-refractivity contribution in [2.24, 2.45) is 11.8 Å². The largest absolute Gasteiger partial charge is 0.378 e. The highest BCUT2D eigenvalue weighted by Crippen LogP contribution is 2.36. The second-order valence-electron chi connectivity index (χ2n) is 9.44. The average Bonchev–Trinajstić information content (AvgIpc) is 2.70. The molecule has 0 aromatic heterocycles. The van der Waals surface area contributed by atoms with Crippen molar-refractivity contribution in [2.45, 2.75) is 51.7 Å². The van der Waals surface area contributed by atoms with E-state index in [0.29, 0.717) is 0 Å². The van der Waals surface area contributed by atoms with Crippen LogP contribution in [0.1, 0.15) is 44.2 Å². The zero-order valence-electron chi connectivity index (χ0n) is 18.7. The molecule has 1 heterocycles. The molecule has 0 bridgehead atoms. The summed E-state index contributed by atoms with van der Waals surface area (Å²) >= 11 is 0. The molecule has 1 aliphatic heterocycles. The van der Waals surface area contributed by atoms with Crippen LogP contribution in [0.25, 0.3) is 0 Å². The summed E-state index contributed by atoms with van der Waals surface area (Å²) in [6, 6.07) is 20.0. The monoisotopic (exact) mass is 395 g/mol. The van der Waals surface area contributed by atoms with Crippen molar-refractivity contribution >= 4 is 5.69 Å². The molecule has 2 atom stereocenters. The molecule has 0 saturated carbocycles. The fourth-order valence-corrected chi connectivity index (χ4v) is 4.63. The molecule has 29 heavy (non-hydrogen) atoms. The first-order valence-corrected chi connectivity index (χ1v) is 11.2. The van der Waals surface area contributed by atoms with Crippen LogP contribution >= 0.6 is 0 Å². The fourth-order valence-electron chi connectivity index (χ4n) is 4.63. The Morgan fingerprint density at radius 1 is 1.03 bits per heavy atom. The molecule has 1 fully saturated rings. The van der Waals surface area contributed by atoms with Gasteiger partial charge in [0.2, 0.25) is 0 Å². The third-order valence-electron chi connectivity index (χ3n) is 6.32. The van der Waals surface area contributed by atoms with Crippen LogP contribution in [0, 0.1) is 11.8 Å². The Hall–Kier alpha value is -1.84. The van der Waals surface area contributed by atoms with Gasteiger partial charge in [0.1, 0.15) is 6.54 Å². The Labute approximate surface area is 177 Å². The highest BCUT2D eigenvalue weighted by Gasteiger charge is 2.33. The lowest BCUT2D eigenvalue weighted by Crippen LogP contribution is -2.82. The highest BCUT2D eigenvalue weighted by molar-refractivity contribution is 5.45. The minimum absolute atomic E-state index is 0.0236. The number of ether oxygens (including phenoxy) is 1.